The number of amides is 1. The minimum Gasteiger partial charge on any atom is -0.378 e. The Balaban J connectivity index is 1.47. The van der Waals surface area contributed by atoms with E-state index in [1.165, 1.54) is 12.8 Å². The molecular formula is C23H30N4O2S. The number of thioether (sulfide) groups is 1. The van der Waals surface area contributed by atoms with Crippen LogP contribution in [0.1, 0.15) is 54.2 Å². The lowest BCUT2D eigenvalue weighted by atomic mass is 10.1. The molecule has 7 heteroatoms. The molecule has 0 N–H and O–H groups in total. The van der Waals surface area contributed by atoms with Crippen molar-refractivity contribution < 1.29 is 9.53 Å². The highest BCUT2D eigenvalue weighted by molar-refractivity contribution is 7.98. The molecule has 2 aliphatic heterocycles. The smallest absolute Gasteiger partial charge is 0.254 e. The van der Waals surface area contributed by atoms with E-state index in [1.807, 2.05) is 23.1 Å². The van der Waals surface area contributed by atoms with Crippen molar-refractivity contribution in [1.29, 1.82) is 0 Å². The predicted octanol–water partition coefficient (Wildman–Crippen LogP) is 3.96. The molecule has 30 heavy (non-hydrogen) atoms. The topological polar surface area (TPSA) is 58.6 Å². The Morgan fingerprint density at radius 1 is 1.10 bits per heavy atom. The van der Waals surface area contributed by atoms with E-state index in [9.17, 15) is 4.79 Å². The van der Waals surface area contributed by atoms with E-state index < -0.39 is 0 Å². The number of benzene rings is 1. The van der Waals surface area contributed by atoms with Crippen molar-refractivity contribution in [3.05, 3.63) is 47.2 Å². The highest BCUT2D eigenvalue weighted by Gasteiger charge is 2.19. The largest absolute Gasteiger partial charge is 0.378 e. The summed E-state index contributed by atoms with van der Waals surface area (Å²) >= 11 is 1.64. The van der Waals surface area contributed by atoms with Crippen LogP contribution < -0.4 is 4.90 Å². The van der Waals surface area contributed by atoms with E-state index in [2.05, 4.69) is 30.9 Å². The van der Waals surface area contributed by atoms with Crippen molar-refractivity contribution in [2.75, 3.05) is 44.3 Å². The summed E-state index contributed by atoms with van der Waals surface area (Å²) in [5, 5.41) is 0.813. The number of carbonyl (C=O) groups excluding carboxylic acids is 1. The molecule has 2 fully saturated rings. The van der Waals surface area contributed by atoms with Crippen LogP contribution in [-0.4, -0.2) is 60.2 Å². The summed E-state index contributed by atoms with van der Waals surface area (Å²) in [6.07, 6.45) is 2.46. The zero-order chi connectivity index (χ0) is 20.9. The summed E-state index contributed by atoms with van der Waals surface area (Å²) in [4.78, 5) is 26.6. The summed E-state index contributed by atoms with van der Waals surface area (Å²) in [6, 6.07) is 10.1. The maximum Gasteiger partial charge on any atom is 0.254 e. The standard InChI is InChI=1S/C23H30N4O2S/c1-17(2)20-15-21(26-8-3-4-9-26)25-23(24-20)30-16-18-6-5-7-19(14-18)22(28)27-10-12-29-13-11-27/h5-7,14-15,17H,3-4,8-13,16H2,1-2H3. The van der Waals surface area contributed by atoms with Gasteiger partial charge in [-0.05, 0) is 36.5 Å². The summed E-state index contributed by atoms with van der Waals surface area (Å²) in [5.74, 6) is 2.23. The van der Waals surface area contributed by atoms with Crippen LogP contribution in [0, 0.1) is 0 Å². The maximum atomic E-state index is 12.8. The predicted molar refractivity (Wildman–Crippen MR) is 120 cm³/mol. The second kappa shape index (κ2) is 9.79. The average Bonchev–Trinajstić information content (AvgIpc) is 3.33. The van der Waals surface area contributed by atoms with Gasteiger partial charge in [0.15, 0.2) is 5.16 Å². The van der Waals surface area contributed by atoms with Gasteiger partial charge in [0.2, 0.25) is 0 Å². The van der Waals surface area contributed by atoms with E-state index in [4.69, 9.17) is 14.7 Å². The highest BCUT2D eigenvalue weighted by Crippen LogP contribution is 2.27. The van der Waals surface area contributed by atoms with Gasteiger partial charge in [0.1, 0.15) is 5.82 Å². The van der Waals surface area contributed by atoms with Crippen molar-refractivity contribution in [2.24, 2.45) is 0 Å². The number of ether oxygens (including phenoxy) is 1. The molecule has 1 aromatic heterocycles. The number of carbonyl (C=O) groups is 1. The van der Waals surface area contributed by atoms with Crippen molar-refractivity contribution in [3.8, 4) is 0 Å². The van der Waals surface area contributed by atoms with E-state index >= 15 is 0 Å². The number of aromatic nitrogens is 2. The average molecular weight is 427 g/mol. The van der Waals surface area contributed by atoms with Gasteiger partial charge in [-0.15, -0.1) is 0 Å². The Labute approximate surface area is 183 Å². The number of morpholine rings is 1. The van der Waals surface area contributed by atoms with Crippen molar-refractivity contribution in [1.82, 2.24) is 14.9 Å². The summed E-state index contributed by atoms with van der Waals surface area (Å²) < 4.78 is 5.36. The van der Waals surface area contributed by atoms with Crippen LogP contribution in [0.4, 0.5) is 5.82 Å². The second-order valence-corrected chi connectivity index (χ2v) is 9.12. The molecule has 2 aliphatic rings. The van der Waals surface area contributed by atoms with Crippen LogP contribution in [0.5, 0.6) is 0 Å². The molecular weight excluding hydrogens is 396 g/mol. The van der Waals surface area contributed by atoms with Crippen LogP contribution in [0.2, 0.25) is 0 Å². The molecule has 0 unspecified atom stereocenters. The number of rotatable bonds is 6. The van der Waals surface area contributed by atoms with Gasteiger partial charge in [-0.1, -0.05) is 37.7 Å². The highest BCUT2D eigenvalue weighted by atomic mass is 32.2. The van der Waals surface area contributed by atoms with Crippen molar-refractivity contribution >= 4 is 23.5 Å². The normalized spacial score (nSPS) is 17.0. The molecule has 6 nitrogen and oxygen atoms in total. The SMILES string of the molecule is CC(C)c1cc(N2CCCC2)nc(SCc2cccc(C(=O)N3CCOCC3)c2)n1. The molecule has 4 rings (SSSR count). The van der Waals surface area contributed by atoms with Gasteiger partial charge < -0.3 is 14.5 Å². The Kier molecular flexibility index (Phi) is 6.89. The van der Waals surface area contributed by atoms with Gasteiger partial charge in [0.25, 0.3) is 5.91 Å². The van der Waals surface area contributed by atoms with Gasteiger partial charge >= 0.3 is 0 Å². The molecule has 160 valence electrons. The van der Waals surface area contributed by atoms with Gasteiger partial charge in [0, 0.05) is 49.3 Å². The third-order valence-corrected chi connectivity index (χ3v) is 6.49. The number of nitrogens with zero attached hydrogens (tertiary/aromatic N) is 4. The summed E-state index contributed by atoms with van der Waals surface area (Å²) in [6.45, 7) is 9.04. The van der Waals surface area contributed by atoms with Crippen LogP contribution in [-0.2, 0) is 10.5 Å². The summed E-state index contributed by atoms with van der Waals surface area (Å²) in [5.41, 5.74) is 2.94. The third kappa shape index (κ3) is 5.13. The van der Waals surface area contributed by atoms with Crippen LogP contribution in [0.25, 0.3) is 0 Å². The molecule has 2 aromatic rings. The molecule has 2 saturated heterocycles. The van der Waals surface area contributed by atoms with Gasteiger partial charge in [-0.3, -0.25) is 4.79 Å². The first-order chi connectivity index (χ1) is 14.6. The molecule has 0 atom stereocenters. The molecule has 3 heterocycles. The monoisotopic (exact) mass is 426 g/mol. The zero-order valence-electron chi connectivity index (χ0n) is 17.8. The fourth-order valence-corrected chi connectivity index (χ4v) is 4.59. The number of anilines is 1. The fraction of sp³-hybridized carbons (Fsp3) is 0.522. The lowest BCUT2D eigenvalue weighted by Gasteiger charge is -2.27. The number of hydrogen-bond donors (Lipinski definition) is 0. The van der Waals surface area contributed by atoms with Gasteiger partial charge in [-0.25, -0.2) is 9.97 Å². The first-order valence-electron chi connectivity index (χ1n) is 10.8. The molecule has 0 spiro atoms. The minimum absolute atomic E-state index is 0.0829. The minimum atomic E-state index is 0.0829. The Bertz CT molecular complexity index is 877. The second-order valence-electron chi connectivity index (χ2n) is 8.18. The molecule has 1 amide bonds. The van der Waals surface area contributed by atoms with Crippen molar-refractivity contribution in [2.45, 2.75) is 43.5 Å². The Hall–Kier alpha value is -2.12. The van der Waals surface area contributed by atoms with E-state index in [0.29, 0.717) is 32.2 Å². The quantitative estimate of drug-likeness (QED) is 0.515. The Morgan fingerprint density at radius 2 is 1.87 bits per heavy atom. The zero-order valence-corrected chi connectivity index (χ0v) is 18.7. The first kappa shape index (κ1) is 21.1. The van der Waals surface area contributed by atoms with E-state index in [1.54, 1.807) is 11.8 Å². The molecule has 0 aliphatic carbocycles. The molecule has 0 bridgehead atoms. The van der Waals surface area contributed by atoms with E-state index in [0.717, 1.165) is 46.6 Å². The molecule has 0 radical (unpaired) electrons. The molecule has 1 aromatic carbocycles. The fourth-order valence-electron chi connectivity index (χ4n) is 3.79. The number of hydrogen-bond acceptors (Lipinski definition) is 6. The first-order valence-corrected chi connectivity index (χ1v) is 11.8. The van der Waals surface area contributed by atoms with Gasteiger partial charge in [-0.2, -0.15) is 0 Å². The lowest BCUT2D eigenvalue weighted by Crippen LogP contribution is -2.40. The van der Waals surface area contributed by atoms with Gasteiger partial charge in [0.05, 0.1) is 13.2 Å². The molecule has 0 saturated carbocycles. The van der Waals surface area contributed by atoms with Crippen LogP contribution >= 0.6 is 11.8 Å². The van der Waals surface area contributed by atoms with Crippen LogP contribution in [0.3, 0.4) is 0 Å². The lowest BCUT2D eigenvalue weighted by molar-refractivity contribution is 0.0303. The van der Waals surface area contributed by atoms with Crippen LogP contribution in [0.15, 0.2) is 35.5 Å². The maximum absolute atomic E-state index is 12.8. The Morgan fingerprint density at radius 3 is 2.60 bits per heavy atom. The summed E-state index contributed by atoms with van der Waals surface area (Å²) in [7, 11) is 0. The third-order valence-electron chi connectivity index (χ3n) is 5.57. The van der Waals surface area contributed by atoms with Crippen molar-refractivity contribution in [3.63, 3.8) is 0 Å². The van der Waals surface area contributed by atoms with E-state index in [-0.39, 0.29) is 5.91 Å².